The van der Waals surface area contributed by atoms with Crippen molar-refractivity contribution in [1.29, 1.82) is 0 Å². The number of carboxylic acid groups (broad SMARTS) is 1. The van der Waals surface area contributed by atoms with Gasteiger partial charge in [-0.2, -0.15) is 0 Å². The summed E-state index contributed by atoms with van der Waals surface area (Å²) < 4.78 is 0. The Kier molecular flexibility index (Phi) is 1.93. The van der Waals surface area contributed by atoms with Crippen LogP contribution in [0.4, 0.5) is 4.79 Å². The lowest BCUT2D eigenvalue weighted by molar-refractivity contribution is 0.190. The predicted molar refractivity (Wildman–Crippen MR) is 48.7 cm³/mol. The number of hydrogen-bond donors (Lipinski definition) is 2. The van der Waals surface area contributed by atoms with E-state index < -0.39 is 6.09 Å². The molecule has 68 valence electrons. The molecule has 1 aromatic carbocycles. The van der Waals surface area contributed by atoms with Crippen molar-refractivity contribution in [3.05, 3.63) is 35.4 Å². The average Bonchev–Trinajstić information content (AvgIpc) is 2.48. The fourth-order valence-corrected chi connectivity index (χ4v) is 1.86. The predicted octanol–water partition coefficient (Wildman–Crippen LogP) is 1.94. The van der Waals surface area contributed by atoms with Crippen LogP contribution in [0.2, 0.25) is 0 Å². The van der Waals surface area contributed by atoms with Gasteiger partial charge in [0.1, 0.15) is 0 Å². The van der Waals surface area contributed by atoms with E-state index in [0.29, 0.717) is 0 Å². The summed E-state index contributed by atoms with van der Waals surface area (Å²) >= 11 is 0. The van der Waals surface area contributed by atoms with Crippen LogP contribution in [-0.4, -0.2) is 11.2 Å². The van der Waals surface area contributed by atoms with Gasteiger partial charge in [-0.1, -0.05) is 24.3 Å². The van der Waals surface area contributed by atoms with E-state index >= 15 is 0 Å². The molecule has 0 spiro atoms. The zero-order valence-corrected chi connectivity index (χ0v) is 7.16. The van der Waals surface area contributed by atoms with Gasteiger partial charge in [-0.3, -0.25) is 0 Å². The topological polar surface area (TPSA) is 49.3 Å². The SMILES string of the molecule is O=C(O)N[C@H]1CCc2ccccc21. The normalized spacial score (nSPS) is 19.5. The number of aryl methyl sites for hydroxylation is 1. The fraction of sp³-hybridized carbons (Fsp3) is 0.300. The van der Waals surface area contributed by atoms with Crippen molar-refractivity contribution in [1.82, 2.24) is 5.32 Å². The minimum absolute atomic E-state index is 0.00583. The van der Waals surface area contributed by atoms with Crippen molar-refractivity contribution in [3.8, 4) is 0 Å². The maximum atomic E-state index is 10.5. The Bertz CT molecular complexity index is 335. The number of rotatable bonds is 1. The van der Waals surface area contributed by atoms with E-state index in [4.69, 9.17) is 5.11 Å². The van der Waals surface area contributed by atoms with Gasteiger partial charge in [0, 0.05) is 0 Å². The standard InChI is InChI=1S/C10H11NO2/c12-10(13)11-9-6-5-7-3-1-2-4-8(7)9/h1-4,9,11H,5-6H2,(H,12,13)/t9-/m0/s1. The van der Waals surface area contributed by atoms with Gasteiger partial charge in [0.2, 0.25) is 0 Å². The Morgan fingerprint density at radius 3 is 3.00 bits per heavy atom. The number of amides is 1. The van der Waals surface area contributed by atoms with Gasteiger partial charge < -0.3 is 10.4 Å². The van der Waals surface area contributed by atoms with E-state index in [1.807, 2.05) is 18.2 Å². The van der Waals surface area contributed by atoms with Crippen molar-refractivity contribution in [2.24, 2.45) is 0 Å². The second-order valence-electron chi connectivity index (χ2n) is 3.24. The Labute approximate surface area is 76.4 Å². The maximum Gasteiger partial charge on any atom is 0.405 e. The van der Waals surface area contributed by atoms with E-state index in [0.717, 1.165) is 18.4 Å². The van der Waals surface area contributed by atoms with E-state index in [1.54, 1.807) is 0 Å². The molecule has 1 aliphatic carbocycles. The molecule has 0 fully saturated rings. The van der Waals surface area contributed by atoms with Crippen molar-refractivity contribution in [3.63, 3.8) is 0 Å². The average molecular weight is 177 g/mol. The minimum Gasteiger partial charge on any atom is -0.465 e. The largest absolute Gasteiger partial charge is 0.465 e. The van der Waals surface area contributed by atoms with Crippen LogP contribution in [0.15, 0.2) is 24.3 Å². The molecule has 1 amide bonds. The highest BCUT2D eigenvalue weighted by atomic mass is 16.4. The lowest BCUT2D eigenvalue weighted by Crippen LogP contribution is -2.24. The molecule has 3 heteroatoms. The summed E-state index contributed by atoms with van der Waals surface area (Å²) in [6.07, 6.45) is 0.911. The molecular weight excluding hydrogens is 166 g/mol. The Hall–Kier alpha value is -1.51. The molecule has 0 saturated carbocycles. The van der Waals surface area contributed by atoms with Crippen LogP contribution in [0.1, 0.15) is 23.6 Å². The first kappa shape index (κ1) is 8.10. The lowest BCUT2D eigenvalue weighted by Gasteiger charge is -2.10. The highest BCUT2D eigenvalue weighted by Gasteiger charge is 2.22. The third-order valence-electron chi connectivity index (χ3n) is 2.43. The minimum atomic E-state index is -0.943. The van der Waals surface area contributed by atoms with E-state index in [1.165, 1.54) is 5.56 Å². The van der Waals surface area contributed by atoms with Crippen LogP contribution in [0, 0.1) is 0 Å². The number of benzene rings is 1. The molecule has 13 heavy (non-hydrogen) atoms. The summed E-state index contributed by atoms with van der Waals surface area (Å²) in [4.78, 5) is 10.5. The van der Waals surface area contributed by atoms with Crippen molar-refractivity contribution in [2.45, 2.75) is 18.9 Å². The molecular formula is C10H11NO2. The van der Waals surface area contributed by atoms with Crippen LogP contribution >= 0.6 is 0 Å². The first-order valence-electron chi connectivity index (χ1n) is 4.34. The second-order valence-corrected chi connectivity index (χ2v) is 3.24. The fourth-order valence-electron chi connectivity index (χ4n) is 1.86. The van der Waals surface area contributed by atoms with Crippen LogP contribution in [0.3, 0.4) is 0 Å². The molecule has 2 rings (SSSR count). The molecule has 0 radical (unpaired) electrons. The molecule has 3 nitrogen and oxygen atoms in total. The van der Waals surface area contributed by atoms with Crippen LogP contribution in [0.5, 0.6) is 0 Å². The highest BCUT2D eigenvalue weighted by Crippen LogP contribution is 2.30. The molecule has 2 N–H and O–H groups in total. The molecule has 0 saturated heterocycles. The number of nitrogens with one attached hydrogen (secondary N) is 1. The summed E-state index contributed by atoms with van der Waals surface area (Å²) in [5.41, 5.74) is 2.39. The van der Waals surface area contributed by atoms with Gasteiger partial charge in [0.25, 0.3) is 0 Å². The quantitative estimate of drug-likeness (QED) is 0.688. The van der Waals surface area contributed by atoms with E-state index in [2.05, 4.69) is 11.4 Å². The molecule has 1 aromatic rings. The van der Waals surface area contributed by atoms with E-state index in [9.17, 15) is 4.79 Å². The van der Waals surface area contributed by atoms with E-state index in [-0.39, 0.29) is 6.04 Å². The molecule has 0 unspecified atom stereocenters. The number of carbonyl (C=O) groups is 1. The zero-order valence-electron chi connectivity index (χ0n) is 7.16. The molecule has 1 aliphatic rings. The molecule has 0 aromatic heterocycles. The maximum absolute atomic E-state index is 10.5. The lowest BCUT2D eigenvalue weighted by atomic mass is 10.1. The van der Waals surface area contributed by atoms with Gasteiger partial charge in [-0.15, -0.1) is 0 Å². The van der Waals surface area contributed by atoms with Crippen LogP contribution < -0.4 is 5.32 Å². The highest BCUT2D eigenvalue weighted by molar-refractivity contribution is 5.65. The van der Waals surface area contributed by atoms with Gasteiger partial charge in [0.15, 0.2) is 0 Å². The van der Waals surface area contributed by atoms with Crippen LogP contribution in [0.25, 0.3) is 0 Å². The van der Waals surface area contributed by atoms with Gasteiger partial charge >= 0.3 is 6.09 Å². The summed E-state index contributed by atoms with van der Waals surface area (Å²) in [5, 5.41) is 11.1. The third kappa shape index (κ3) is 1.49. The third-order valence-corrected chi connectivity index (χ3v) is 2.43. The molecule has 0 aliphatic heterocycles. The second kappa shape index (κ2) is 3.09. The first-order chi connectivity index (χ1) is 6.27. The zero-order chi connectivity index (χ0) is 9.26. The Morgan fingerprint density at radius 2 is 2.23 bits per heavy atom. The Morgan fingerprint density at radius 1 is 1.46 bits per heavy atom. The Balaban J connectivity index is 2.23. The summed E-state index contributed by atoms with van der Waals surface area (Å²) in [5.74, 6) is 0. The van der Waals surface area contributed by atoms with Crippen molar-refractivity contribution in [2.75, 3.05) is 0 Å². The summed E-state index contributed by atoms with van der Waals surface area (Å²) in [6.45, 7) is 0. The molecule has 0 heterocycles. The summed E-state index contributed by atoms with van der Waals surface area (Å²) in [7, 11) is 0. The van der Waals surface area contributed by atoms with Crippen molar-refractivity contribution >= 4 is 6.09 Å². The first-order valence-corrected chi connectivity index (χ1v) is 4.34. The van der Waals surface area contributed by atoms with Gasteiger partial charge in [0.05, 0.1) is 6.04 Å². The molecule has 0 bridgehead atoms. The van der Waals surface area contributed by atoms with Crippen molar-refractivity contribution < 1.29 is 9.90 Å². The number of hydrogen-bond acceptors (Lipinski definition) is 1. The number of fused-ring (bicyclic) bond motifs is 1. The smallest absolute Gasteiger partial charge is 0.405 e. The monoisotopic (exact) mass is 177 g/mol. The van der Waals surface area contributed by atoms with Crippen LogP contribution in [-0.2, 0) is 6.42 Å². The summed E-state index contributed by atoms with van der Waals surface area (Å²) in [6, 6.07) is 7.97. The van der Waals surface area contributed by atoms with Gasteiger partial charge in [-0.05, 0) is 24.0 Å². The van der Waals surface area contributed by atoms with Gasteiger partial charge in [-0.25, -0.2) is 4.79 Å². The molecule has 1 atom stereocenters.